The van der Waals surface area contributed by atoms with Crippen LogP contribution in [0.1, 0.15) is 36.0 Å². The Kier molecular flexibility index (Phi) is 5.29. The SMILES string of the molecule is O=C(CCNN1CCCCC1)c1cc(O)c(O)c([N+](=O)[O-])c1. The minimum absolute atomic E-state index is 0.0162. The van der Waals surface area contributed by atoms with Crippen molar-refractivity contribution in [2.75, 3.05) is 19.6 Å². The zero-order valence-electron chi connectivity index (χ0n) is 12.1. The molecule has 0 spiro atoms. The van der Waals surface area contributed by atoms with Gasteiger partial charge in [-0.25, -0.2) is 5.01 Å². The molecule has 1 aliphatic rings. The summed E-state index contributed by atoms with van der Waals surface area (Å²) < 4.78 is 0. The van der Waals surface area contributed by atoms with Crippen molar-refractivity contribution in [2.24, 2.45) is 0 Å². The summed E-state index contributed by atoms with van der Waals surface area (Å²) in [4.78, 5) is 22.0. The molecule has 0 aliphatic carbocycles. The van der Waals surface area contributed by atoms with Gasteiger partial charge in [0.15, 0.2) is 11.5 Å². The van der Waals surface area contributed by atoms with Crippen molar-refractivity contribution in [3.63, 3.8) is 0 Å². The van der Waals surface area contributed by atoms with E-state index in [1.165, 1.54) is 6.42 Å². The van der Waals surface area contributed by atoms with Crippen molar-refractivity contribution >= 4 is 11.5 Å². The summed E-state index contributed by atoms with van der Waals surface area (Å²) in [5.41, 5.74) is 2.49. The summed E-state index contributed by atoms with van der Waals surface area (Å²) in [5.74, 6) is -1.82. The minimum Gasteiger partial charge on any atom is -0.504 e. The highest BCUT2D eigenvalue weighted by molar-refractivity contribution is 5.97. The van der Waals surface area contributed by atoms with E-state index in [2.05, 4.69) is 10.4 Å². The van der Waals surface area contributed by atoms with E-state index in [-0.39, 0.29) is 17.8 Å². The smallest absolute Gasteiger partial charge is 0.315 e. The number of Topliss-reactive ketones (excluding diaryl/α,β-unsaturated/α-hetero) is 1. The lowest BCUT2D eigenvalue weighted by Gasteiger charge is -2.26. The first-order valence-corrected chi connectivity index (χ1v) is 7.21. The van der Waals surface area contributed by atoms with Crippen molar-refractivity contribution in [3.05, 3.63) is 27.8 Å². The van der Waals surface area contributed by atoms with Gasteiger partial charge in [0.1, 0.15) is 0 Å². The summed E-state index contributed by atoms with van der Waals surface area (Å²) in [6.07, 6.45) is 3.61. The number of aromatic hydroxyl groups is 2. The number of hydrogen-bond donors (Lipinski definition) is 3. The molecule has 1 heterocycles. The Hall–Kier alpha value is -2.19. The normalized spacial score (nSPS) is 15.6. The third kappa shape index (κ3) is 3.92. The molecule has 0 aromatic heterocycles. The molecule has 0 saturated carbocycles. The van der Waals surface area contributed by atoms with E-state index in [4.69, 9.17) is 0 Å². The zero-order valence-corrected chi connectivity index (χ0v) is 12.1. The molecule has 0 bridgehead atoms. The standard InChI is InChI=1S/C14H19N3O5/c18-12(4-5-15-16-6-2-1-3-7-16)10-8-11(17(21)22)14(20)13(19)9-10/h8-9,15,19-20H,1-7H2. The Morgan fingerprint density at radius 3 is 2.59 bits per heavy atom. The molecular weight excluding hydrogens is 290 g/mol. The number of carbonyl (C=O) groups is 1. The molecule has 0 unspecified atom stereocenters. The minimum atomic E-state index is -0.836. The highest BCUT2D eigenvalue weighted by Crippen LogP contribution is 2.36. The molecule has 1 fully saturated rings. The predicted molar refractivity (Wildman–Crippen MR) is 78.8 cm³/mol. The van der Waals surface area contributed by atoms with Crippen molar-refractivity contribution in [1.82, 2.24) is 10.4 Å². The summed E-state index contributed by atoms with van der Waals surface area (Å²) >= 11 is 0. The van der Waals surface area contributed by atoms with Gasteiger partial charge in [-0.3, -0.25) is 20.3 Å². The van der Waals surface area contributed by atoms with Crippen molar-refractivity contribution in [3.8, 4) is 11.5 Å². The largest absolute Gasteiger partial charge is 0.504 e. The Labute approximate surface area is 127 Å². The lowest BCUT2D eigenvalue weighted by atomic mass is 10.1. The molecule has 1 saturated heterocycles. The maximum Gasteiger partial charge on any atom is 0.315 e. The predicted octanol–water partition coefficient (Wildman–Crippen LogP) is 1.57. The number of nitrogens with one attached hydrogen (secondary N) is 1. The number of benzene rings is 1. The van der Waals surface area contributed by atoms with Crippen LogP contribution in [0.2, 0.25) is 0 Å². The van der Waals surface area contributed by atoms with E-state index in [1.807, 2.05) is 0 Å². The monoisotopic (exact) mass is 309 g/mol. The van der Waals surface area contributed by atoms with Gasteiger partial charge in [-0.15, -0.1) is 0 Å². The summed E-state index contributed by atoms with van der Waals surface area (Å²) in [6, 6.07) is 2.03. The van der Waals surface area contributed by atoms with Gasteiger partial charge < -0.3 is 10.2 Å². The average molecular weight is 309 g/mol. The number of rotatable bonds is 6. The first-order chi connectivity index (χ1) is 10.5. The molecule has 0 amide bonds. The quantitative estimate of drug-likeness (QED) is 0.316. The van der Waals surface area contributed by atoms with Gasteiger partial charge in [0.2, 0.25) is 5.75 Å². The van der Waals surface area contributed by atoms with Gasteiger partial charge in [0.05, 0.1) is 4.92 Å². The van der Waals surface area contributed by atoms with Gasteiger partial charge in [0, 0.05) is 37.7 Å². The van der Waals surface area contributed by atoms with Gasteiger partial charge in [-0.05, 0) is 18.9 Å². The van der Waals surface area contributed by atoms with Crippen molar-refractivity contribution in [1.29, 1.82) is 0 Å². The van der Waals surface area contributed by atoms with Crippen LogP contribution in [0.25, 0.3) is 0 Å². The second kappa shape index (κ2) is 7.19. The molecule has 8 nitrogen and oxygen atoms in total. The number of ketones is 1. The zero-order chi connectivity index (χ0) is 16.1. The van der Waals surface area contributed by atoms with Crippen LogP contribution in [0.3, 0.4) is 0 Å². The number of nitrogens with zero attached hydrogens (tertiary/aromatic N) is 2. The molecule has 0 atom stereocenters. The van der Waals surface area contributed by atoms with E-state index < -0.39 is 22.1 Å². The van der Waals surface area contributed by atoms with Crippen molar-refractivity contribution < 1.29 is 19.9 Å². The first-order valence-electron chi connectivity index (χ1n) is 7.21. The van der Waals surface area contributed by atoms with Crippen LogP contribution >= 0.6 is 0 Å². The number of carbonyl (C=O) groups excluding carboxylic acids is 1. The molecule has 1 aromatic carbocycles. The molecule has 0 radical (unpaired) electrons. The van der Waals surface area contributed by atoms with Crippen LogP contribution in [0.5, 0.6) is 11.5 Å². The van der Waals surface area contributed by atoms with Gasteiger partial charge in [-0.2, -0.15) is 0 Å². The molecule has 3 N–H and O–H groups in total. The highest BCUT2D eigenvalue weighted by Gasteiger charge is 2.21. The topological polar surface area (TPSA) is 116 Å². The Balaban J connectivity index is 1.95. The third-order valence-corrected chi connectivity index (χ3v) is 3.63. The maximum absolute atomic E-state index is 12.1. The number of phenols is 2. The third-order valence-electron chi connectivity index (χ3n) is 3.63. The molecule has 2 rings (SSSR count). The lowest BCUT2D eigenvalue weighted by molar-refractivity contribution is -0.386. The molecule has 120 valence electrons. The first kappa shape index (κ1) is 16.2. The Bertz CT molecular complexity index is 570. The number of nitro benzene ring substituents is 1. The number of hydrazine groups is 1. The number of phenolic OH excluding ortho intramolecular Hbond substituents is 2. The molecule has 1 aromatic rings. The fourth-order valence-electron chi connectivity index (χ4n) is 2.43. The van der Waals surface area contributed by atoms with Crippen LogP contribution in [-0.2, 0) is 0 Å². The maximum atomic E-state index is 12.1. The van der Waals surface area contributed by atoms with E-state index in [9.17, 15) is 25.1 Å². The average Bonchev–Trinajstić information content (AvgIpc) is 2.50. The van der Waals surface area contributed by atoms with E-state index in [1.54, 1.807) is 0 Å². The van der Waals surface area contributed by atoms with Crippen LogP contribution in [0.15, 0.2) is 12.1 Å². The van der Waals surface area contributed by atoms with Crippen LogP contribution < -0.4 is 5.43 Å². The van der Waals surface area contributed by atoms with Gasteiger partial charge >= 0.3 is 5.69 Å². The van der Waals surface area contributed by atoms with Crippen LogP contribution in [0.4, 0.5) is 5.69 Å². The second-order valence-electron chi connectivity index (χ2n) is 5.25. The van der Waals surface area contributed by atoms with Gasteiger partial charge in [-0.1, -0.05) is 6.42 Å². The molecular formula is C14H19N3O5. The Morgan fingerprint density at radius 1 is 1.27 bits per heavy atom. The lowest BCUT2D eigenvalue weighted by Crippen LogP contribution is -2.42. The van der Waals surface area contributed by atoms with Crippen LogP contribution in [-0.4, -0.2) is 45.6 Å². The summed E-state index contributed by atoms with van der Waals surface area (Å²) in [7, 11) is 0. The molecule has 8 heteroatoms. The van der Waals surface area contributed by atoms with E-state index in [0.717, 1.165) is 38.1 Å². The molecule has 1 aliphatic heterocycles. The van der Waals surface area contributed by atoms with Gasteiger partial charge in [0.25, 0.3) is 0 Å². The number of hydrogen-bond acceptors (Lipinski definition) is 7. The van der Waals surface area contributed by atoms with Crippen molar-refractivity contribution in [2.45, 2.75) is 25.7 Å². The number of nitro groups is 1. The summed E-state index contributed by atoms with van der Waals surface area (Å²) in [6.45, 7) is 2.31. The van der Waals surface area contributed by atoms with E-state index in [0.29, 0.717) is 6.54 Å². The Morgan fingerprint density at radius 2 is 1.95 bits per heavy atom. The van der Waals surface area contributed by atoms with Crippen LogP contribution in [0, 0.1) is 10.1 Å². The number of piperidine rings is 1. The summed E-state index contributed by atoms with van der Waals surface area (Å²) in [5, 5.41) is 31.7. The fraction of sp³-hybridized carbons (Fsp3) is 0.500. The molecule has 22 heavy (non-hydrogen) atoms. The fourth-order valence-corrected chi connectivity index (χ4v) is 2.43. The highest BCUT2D eigenvalue weighted by atomic mass is 16.6. The van der Waals surface area contributed by atoms with E-state index >= 15 is 0 Å². The second-order valence-corrected chi connectivity index (χ2v) is 5.25.